The van der Waals surface area contributed by atoms with E-state index in [0.717, 1.165) is 23.3 Å². The molecule has 2 rings (SSSR count). The zero-order valence-electron chi connectivity index (χ0n) is 11.4. The molecular weight excluding hydrogens is 272 g/mol. The number of carbonyl (C=O) groups is 1. The standard InChI is InChI=1S/C15H16N2O4/c1-9-2-4-10(5-3-9)8-16-15(21)17-11-6-12(18)14(20)13(19)7-11/h2-7,18-20H,8H2,1H3,(H2,16,17,21). The summed E-state index contributed by atoms with van der Waals surface area (Å²) in [6, 6.07) is 9.51. The number of rotatable bonds is 3. The first-order valence-corrected chi connectivity index (χ1v) is 6.31. The summed E-state index contributed by atoms with van der Waals surface area (Å²) in [6.45, 7) is 2.33. The maximum atomic E-state index is 11.7. The van der Waals surface area contributed by atoms with Crippen molar-refractivity contribution in [3.8, 4) is 17.2 Å². The summed E-state index contributed by atoms with van der Waals surface area (Å²) >= 11 is 0. The minimum Gasteiger partial charge on any atom is -0.504 e. The van der Waals surface area contributed by atoms with Crippen molar-refractivity contribution < 1.29 is 20.1 Å². The number of carbonyl (C=O) groups excluding carboxylic acids is 1. The number of hydrogen-bond acceptors (Lipinski definition) is 4. The summed E-state index contributed by atoms with van der Waals surface area (Å²) in [5.74, 6) is -1.65. The zero-order valence-corrected chi connectivity index (χ0v) is 11.4. The van der Waals surface area contributed by atoms with Gasteiger partial charge < -0.3 is 26.0 Å². The summed E-state index contributed by atoms with van der Waals surface area (Å²) in [7, 11) is 0. The van der Waals surface area contributed by atoms with Crippen molar-refractivity contribution in [2.45, 2.75) is 13.5 Å². The number of urea groups is 1. The molecule has 0 aliphatic rings. The van der Waals surface area contributed by atoms with Gasteiger partial charge in [0, 0.05) is 18.7 Å². The lowest BCUT2D eigenvalue weighted by Gasteiger charge is -2.09. The summed E-state index contributed by atoms with van der Waals surface area (Å²) in [5, 5.41) is 33.0. The highest BCUT2D eigenvalue weighted by molar-refractivity contribution is 5.90. The molecule has 6 heteroatoms. The molecule has 21 heavy (non-hydrogen) atoms. The highest BCUT2D eigenvalue weighted by Crippen LogP contribution is 2.37. The molecule has 2 aromatic carbocycles. The van der Waals surface area contributed by atoms with Crippen LogP contribution in [0, 0.1) is 6.92 Å². The monoisotopic (exact) mass is 288 g/mol. The van der Waals surface area contributed by atoms with Gasteiger partial charge in [-0.15, -0.1) is 0 Å². The Labute approximate surface area is 121 Å². The van der Waals surface area contributed by atoms with Gasteiger partial charge in [0.2, 0.25) is 0 Å². The van der Waals surface area contributed by atoms with Gasteiger partial charge >= 0.3 is 6.03 Å². The third-order valence-electron chi connectivity index (χ3n) is 2.90. The molecular formula is C15H16N2O4. The maximum Gasteiger partial charge on any atom is 0.319 e. The van der Waals surface area contributed by atoms with E-state index < -0.39 is 23.3 Å². The van der Waals surface area contributed by atoms with Crippen LogP contribution >= 0.6 is 0 Å². The molecule has 0 fully saturated rings. The third kappa shape index (κ3) is 3.79. The van der Waals surface area contributed by atoms with E-state index in [1.165, 1.54) is 0 Å². The molecule has 0 saturated heterocycles. The Hall–Kier alpha value is -2.89. The number of hydrogen-bond donors (Lipinski definition) is 5. The first-order valence-electron chi connectivity index (χ1n) is 6.31. The molecule has 0 aliphatic carbocycles. The Morgan fingerprint density at radius 2 is 1.62 bits per heavy atom. The number of anilines is 1. The van der Waals surface area contributed by atoms with E-state index in [9.17, 15) is 20.1 Å². The molecule has 0 aromatic heterocycles. The predicted molar refractivity (Wildman–Crippen MR) is 78.5 cm³/mol. The van der Waals surface area contributed by atoms with Crippen molar-refractivity contribution in [2.75, 3.05) is 5.32 Å². The minimum atomic E-state index is -0.624. The van der Waals surface area contributed by atoms with Crippen molar-refractivity contribution in [3.05, 3.63) is 47.5 Å². The van der Waals surface area contributed by atoms with E-state index in [1.807, 2.05) is 31.2 Å². The number of amides is 2. The van der Waals surface area contributed by atoms with Crippen LogP contribution in [0.15, 0.2) is 36.4 Å². The second kappa shape index (κ2) is 6.04. The maximum absolute atomic E-state index is 11.7. The molecule has 0 aliphatic heterocycles. The van der Waals surface area contributed by atoms with Gasteiger partial charge in [-0.1, -0.05) is 29.8 Å². The molecule has 0 saturated carbocycles. The topological polar surface area (TPSA) is 102 Å². The lowest BCUT2D eigenvalue weighted by atomic mass is 10.1. The van der Waals surface area contributed by atoms with Crippen LogP contribution in [0.1, 0.15) is 11.1 Å². The van der Waals surface area contributed by atoms with Gasteiger partial charge in [-0.25, -0.2) is 4.79 Å². The van der Waals surface area contributed by atoms with Crippen LogP contribution in [0.4, 0.5) is 10.5 Å². The number of nitrogens with one attached hydrogen (secondary N) is 2. The number of aromatic hydroxyl groups is 3. The lowest BCUT2D eigenvalue weighted by molar-refractivity contribution is 0.251. The van der Waals surface area contributed by atoms with Gasteiger partial charge in [-0.05, 0) is 12.5 Å². The fourth-order valence-corrected chi connectivity index (χ4v) is 1.74. The molecule has 0 spiro atoms. The minimum absolute atomic E-state index is 0.171. The molecule has 2 amide bonds. The van der Waals surface area contributed by atoms with Crippen molar-refractivity contribution >= 4 is 11.7 Å². The van der Waals surface area contributed by atoms with E-state index in [4.69, 9.17) is 0 Å². The van der Waals surface area contributed by atoms with Gasteiger partial charge in [0.05, 0.1) is 5.69 Å². The normalized spacial score (nSPS) is 10.1. The molecule has 5 N–H and O–H groups in total. The number of phenols is 3. The second-order valence-corrected chi connectivity index (χ2v) is 4.66. The SMILES string of the molecule is Cc1ccc(CNC(=O)Nc2cc(O)c(O)c(O)c2)cc1. The van der Waals surface area contributed by atoms with Crippen LogP contribution in [0.5, 0.6) is 17.2 Å². The van der Waals surface area contributed by atoms with Crippen LogP contribution in [0.2, 0.25) is 0 Å². The Bertz CT molecular complexity index is 630. The smallest absolute Gasteiger partial charge is 0.319 e. The number of phenolic OH excluding ortho intramolecular Hbond substituents is 3. The second-order valence-electron chi connectivity index (χ2n) is 4.66. The van der Waals surface area contributed by atoms with E-state index in [1.54, 1.807) is 0 Å². The Balaban J connectivity index is 1.94. The molecule has 0 radical (unpaired) electrons. The fraction of sp³-hybridized carbons (Fsp3) is 0.133. The van der Waals surface area contributed by atoms with Crippen molar-refractivity contribution in [2.24, 2.45) is 0 Å². The highest BCUT2D eigenvalue weighted by atomic mass is 16.3. The summed E-state index contributed by atoms with van der Waals surface area (Å²) < 4.78 is 0. The van der Waals surface area contributed by atoms with Gasteiger partial charge in [-0.3, -0.25) is 0 Å². The number of aryl methyl sites for hydroxylation is 1. The Kier molecular flexibility index (Phi) is 4.18. The van der Waals surface area contributed by atoms with Crippen molar-refractivity contribution in [1.29, 1.82) is 0 Å². The third-order valence-corrected chi connectivity index (χ3v) is 2.90. The molecule has 0 unspecified atom stereocenters. The van der Waals surface area contributed by atoms with Crippen molar-refractivity contribution in [1.82, 2.24) is 5.32 Å². The van der Waals surface area contributed by atoms with Gasteiger partial charge in [0.25, 0.3) is 0 Å². The van der Waals surface area contributed by atoms with Gasteiger partial charge in [0.15, 0.2) is 17.2 Å². The average Bonchev–Trinajstić information content (AvgIpc) is 2.44. The first kappa shape index (κ1) is 14.5. The van der Waals surface area contributed by atoms with Crippen LogP contribution in [-0.2, 0) is 6.54 Å². The van der Waals surface area contributed by atoms with Gasteiger partial charge in [0.1, 0.15) is 0 Å². The lowest BCUT2D eigenvalue weighted by Crippen LogP contribution is -2.28. The summed E-state index contributed by atoms with van der Waals surface area (Å²) in [4.78, 5) is 11.7. The zero-order chi connectivity index (χ0) is 15.4. The van der Waals surface area contributed by atoms with Crippen LogP contribution in [0.3, 0.4) is 0 Å². The largest absolute Gasteiger partial charge is 0.504 e. The molecule has 110 valence electrons. The molecule has 0 heterocycles. The number of benzene rings is 2. The molecule has 6 nitrogen and oxygen atoms in total. The highest BCUT2D eigenvalue weighted by Gasteiger charge is 2.10. The van der Waals surface area contributed by atoms with Crippen molar-refractivity contribution in [3.63, 3.8) is 0 Å². The van der Waals surface area contributed by atoms with Crippen LogP contribution in [-0.4, -0.2) is 21.4 Å². The average molecular weight is 288 g/mol. The molecule has 0 atom stereocenters. The van der Waals surface area contributed by atoms with E-state index in [-0.39, 0.29) is 5.69 Å². The fourth-order valence-electron chi connectivity index (χ4n) is 1.74. The Morgan fingerprint density at radius 1 is 1.05 bits per heavy atom. The van der Waals surface area contributed by atoms with Gasteiger partial charge in [-0.2, -0.15) is 0 Å². The summed E-state index contributed by atoms with van der Waals surface area (Å²) in [5.41, 5.74) is 2.26. The van der Waals surface area contributed by atoms with E-state index >= 15 is 0 Å². The van der Waals surface area contributed by atoms with Crippen LogP contribution < -0.4 is 10.6 Å². The van der Waals surface area contributed by atoms with E-state index in [0.29, 0.717) is 6.54 Å². The molecule has 0 bridgehead atoms. The van der Waals surface area contributed by atoms with Crippen LogP contribution in [0.25, 0.3) is 0 Å². The van der Waals surface area contributed by atoms with E-state index in [2.05, 4.69) is 10.6 Å². The molecule has 2 aromatic rings. The predicted octanol–water partition coefficient (Wildman–Crippen LogP) is 2.43. The first-order chi connectivity index (χ1) is 9.95. The Morgan fingerprint density at radius 3 is 2.19 bits per heavy atom. The summed E-state index contributed by atoms with van der Waals surface area (Å²) in [6.07, 6.45) is 0. The quantitative estimate of drug-likeness (QED) is 0.442.